The molecular formula is C21H18FNOS2. The molecule has 132 valence electrons. The summed E-state index contributed by atoms with van der Waals surface area (Å²) in [5.41, 5.74) is 2.94. The lowest BCUT2D eigenvalue weighted by Crippen LogP contribution is -2.36. The van der Waals surface area contributed by atoms with Gasteiger partial charge in [-0.3, -0.25) is 9.69 Å². The fraction of sp³-hybridized carbons (Fsp3) is 0.238. The standard InChI is InChI=1S/C21H18FNOS2/c22-17-11-9-16(10-12-17)15-7-5-14(6-8-15)13-19-20(24)23(21(25)26-19)18-3-1-2-4-18/h5-13,18H,1-4H2/b19-13-. The number of thioether (sulfide) groups is 1. The summed E-state index contributed by atoms with van der Waals surface area (Å²) in [7, 11) is 0. The van der Waals surface area contributed by atoms with Crippen LogP contribution < -0.4 is 0 Å². The van der Waals surface area contributed by atoms with Crippen molar-refractivity contribution in [2.45, 2.75) is 31.7 Å². The highest BCUT2D eigenvalue weighted by atomic mass is 32.2. The van der Waals surface area contributed by atoms with Crippen LogP contribution in [-0.4, -0.2) is 21.2 Å². The van der Waals surface area contributed by atoms with Crippen LogP contribution in [0.4, 0.5) is 4.39 Å². The Kier molecular flexibility index (Phi) is 4.92. The average Bonchev–Trinajstić information content (AvgIpc) is 3.25. The maximum Gasteiger partial charge on any atom is 0.266 e. The van der Waals surface area contributed by atoms with Gasteiger partial charge in [-0.1, -0.05) is 73.2 Å². The Morgan fingerprint density at radius 2 is 1.58 bits per heavy atom. The highest BCUT2D eigenvalue weighted by Crippen LogP contribution is 2.37. The van der Waals surface area contributed by atoms with Crippen molar-refractivity contribution in [2.75, 3.05) is 0 Å². The lowest BCUT2D eigenvalue weighted by molar-refractivity contribution is -0.123. The predicted molar refractivity (Wildman–Crippen MR) is 109 cm³/mol. The Balaban J connectivity index is 1.54. The van der Waals surface area contributed by atoms with Crippen molar-refractivity contribution in [2.24, 2.45) is 0 Å². The highest BCUT2D eigenvalue weighted by molar-refractivity contribution is 8.26. The largest absolute Gasteiger partial charge is 0.290 e. The Bertz CT molecular complexity index is 868. The molecule has 1 saturated carbocycles. The quantitative estimate of drug-likeness (QED) is 0.506. The third kappa shape index (κ3) is 3.46. The van der Waals surface area contributed by atoms with E-state index >= 15 is 0 Å². The molecule has 0 atom stereocenters. The fourth-order valence-electron chi connectivity index (χ4n) is 3.52. The first-order chi connectivity index (χ1) is 12.6. The topological polar surface area (TPSA) is 20.3 Å². The van der Waals surface area contributed by atoms with Gasteiger partial charge in [-0.05, 0) is 47.7 Å². The van der Waals surface area contributed by atoms with Crippen LogP contribution in [0.5, 0.6) is 0 Å². The molecule has 26 heavy (non-hydrogen) atoms. The third-order valence-corrected chi connectivity index (χ3v) is 6.23. The molecule has 2 aliphatic rings. The van der Waals surface area contributed by atoms with Crippen LogP contribution in [0.2, 0.25) is 0 Å². The fourth-order valence-corrected chi connectivity index (χ4v) is 4.92. The van der Waals surface area contributed by atoms with Crippen LogP contribution in [0, 0.1) is 5.82 Å². The monoisotopic (exact) mass is 383 g/mol. The first-order valence-corrected chi connectivity index (χ1v) is 9.97. The van der Waals surface area contributed by atoms with Crippen molar-refractivity contribution in [3.63, 3.8) is 0 Å². The molecule has 1 aliphatic heterocycles. The van der Waals surface area contributed by atoms with Gasteiger partial charge in [0.05, 0.1) is 4.91 Å². The minimum atomic E-state index is -0.241. The molecule has 0 bridgehead atoms. The van der Waals surface area contributed by atoms with Crippen LogP contribution in [0.15, 0.2) is 53.4 Å². The molecule has 2 aromatic rings. The van der Waals surface area contributed by atoms with E-state index in [9.17, 15) is 9.18 Å². The second kappa shape index (κ2) is 7.33. The van der Waals surface area contributed by atoms with E-state index in [4.69, 9.17) is 12.2 Å². The van der Waals surface area contributed by atoms with Gasteiger partial charge in [-0.2, -0.15) is 0 Å². The Hall–Kier alpha value is -1.98. The van der Waals surface area contributed by atoms with E-state index in [0.717, 1.165) is 29.5 Å². The number of thiocarbonyl (C=S) groups is 1. The summed E-state index contributed by atoms with van der Waals surface area (Å²) in [5.74, 6) is -0.204. The van der Waals surface area contributed by atoms with Crippen LogP contribution >= 0.6 is 24.0 Å². The number of hydrogen-bond donors (Lipinski definition) is 0. The van der Waals surface area contributed by atoms with E-state index in [1.807, 2.05) is 35.2 Å². The van der Waals surface area contributed by atoms with Crippen molar-refractivity contribution in [3.05, 3.63) is 64.8 Å². The number of rotatable bonds is 3. The number of hydrogen-bond acceptors (Lipinski definition) is 3. The number of carbonyl (C=O) groups excluding carboxylic acids is 1. The van der Waals surface area contributed by atoms with Crippen LogP contribution in [0.1, 0.15) is 31.2 Å². The maximum absolute atomic E-state index is 13.0. The third-order valence-electron chi connectivity index (χ3n) is 4.90. The molecule has 1 heterocycles. The number of carbonyl (C=O) groups is 1. The Morgan fingerprint density at radius 3 is 2.19 bits per heavy atom. The van der Waals surface area contributed by atoms with Gasteiger partial charge in [-0.25, -0.2) is 4.39 Å². The van der Waals surface area contributed by atoms with Crippen molar-refractivity contribution in [3.8, 4) is 11.1 Å². The molecule has 1 amide bonds. The minimum absolute atomic E-state index is 0.0366. The molecular weight excluding hydrogens is 365 g/mol. The smallest absolute Gasteiger partial charge is 0.266 e. The molecule has 1 aliphatic carbocycles. The molecule has 0 N–H and O–H groups in total. The Labute approximate surface area is 162 Å². The van der Waals surface area contributed by atoms with Gasteiger partial charge in [0.2, 0.25) is 0 Å². The van der Waals surface area contributed by atoms with Crippen LogP contribution in [0.3, 0.4) is 0 Å². The SMILES string of the molecule is O=C1/C(=C/c2ccc(-c3ccc(F)cc3)cc2)SC(=S)N1C1CCCC1. The molecule has 2 nitrogen and oxygen atoms in total. The number of amides is 1. The summed E-state index contributed by atoms with van der Waals surface area (Å²) in [5, 5.41) is 0. The normalized spacial score (nSPS) is 19.7. The van der Waals surface area contributed by atoms with Gasteiger partial charge >= 0.3 is 0 Å². The molecule has 0 unspecified atom stereocenters. The lowest BCUT2D eigenvalue weighted by atomic mass is 10.0. The number of halogens is 1. The first kappa shape index (κ1) is 17.4. The van der Waals surface area contributed by atoms with Gasteiger partial charge in [-0.15, -0.1) is 0 Å². The van der Waals surface area contributed by atoms with Crippen LogP contribution in [-0.2, 0) is 4.79 Å². The van der Waals surface area contributed by atoms with E-state index in [-0.39, 0.29) is 17.8 Å². The molecule has 2 aromatic carbocycles. The molecule has 0 aromatic heterocycles. The number of benzene rings is 2. The van der Waals surface area contributed by atoms with Gasteiger partial charge in [0.15, 0.2) is 0 Å². The molecule has 1 saturated heterocycles. The summed E-state index contributed by atoms with van der Waals surface area (Å²) < 4.78 is 13.7. The van der Waals surface area contributed by atoms with Gasteiger partial charge in [0.25, 0.3) is 5.91 Å². The van der Waals surface area contributed by atoms with Gasteiger partial charge < -0.3 is 0 Å². The summed E-state index contributed by atoms with van der Waals surface area (Å²) in [6, 6.07) is 14.6. The van der Waals surface area contributed by atoms with E-state index < -0.39 is 0 Å². The summed E-state index contributed by atoms with van der Waals surface area (Å²) in [6.45, 7) is 0. The van der Waals surface area contributed by atoms with Crippen molar-refractivity contribution >= 4 is 40.3 Å². The number of nitrogens with zero attached hydrogens (tertiary/aromatic N) is 1. The van der Waals surface area contributed by atoms with Crippen molar-refractivity contribution in [1.82, 2.24) is 4.90 Å². The summed E-state index contributed by atoms with van der Waals surface area (Å²) in [4.78, 5) is 15.2. The second-order valence-corrected chi connectivity index (χ2v) is 8.29. The molecule has 0 radical (unpaired) electrons. The van der Waals surface area contributed by atoms with Crippen molar-refractivity contribution < 1.29 is 9.18 Å². The molecule has 2 fully saturated rings. The maximum atomic E-state index is 13.0. The van der Waals surface area contributed by atoms with E-state index in [2.05, 4.69) is 0 Å². The summed E-state index contributed by atoms with van der Waals surface area (Å²) in [6.07, 6.45) is 6.35. The highest BCUT2D eigenvalue weighted by Gasteiger charge is 2.37. The average molecular weight is 384 g/mol. The van der Waals surface area contributed by atoms with E-state index in [1.54, 1.807) is 12.1 Å². The molecule has 4 rings (SSSR count). The zero-order valence-corrected chi connectivity index (χ0v) is 15.8. The van der Waals surface area contributed by atoms with Gasteiger partial charge in [0.1, 0.15) is 10.1 Å². The zero-order chi connectivity index (χ0) is 18.1. The van der Waals surface area contributed by atoms with Crippen molar-refractivity contribution in [1.29, 1.82) is 0 Å². The lowest BCUT2D eigenvalue weighted by Gasteiger charge is -2.21. The Morgan fingerprint density at radius 1 is 1.00 bits per heavy atom. The van der Waals surface area contributed by atoms with Gasteiger partial charge in [0, 0.05) is 6.04 Å². The molecule has 0 spiro atoms. The van der Waals surface area contributed by atoms with E-state index in [1.165, 1.54) is 36.7 Å². The minimum Gasteiger partial charge on any atom is -0.290 e. The zero-order valence-electron chi connectivity index (χ0n) is 14.2. The first-order valence-electron chi connectivity index (χ1n) is 8.75. The molecule has 5 heteroatoms. The second-order valence-electron chi connectivity index (χ2n) is 6.62. The predicted octanol–water partition coefficient (Wildman–Crippen LogP) is 5.64. The van der Waals surface area contributed by atoms with E-state index in [0.29, 0.717) is 9.23 Å². The van der Waals surface area contributed by atoms with Crippen LogP contribution in [0.25, 0.3) is 17.2 Å². The summed E-state index contributed by atoms with van der Waals surface area (Å²) >= 11 is 6.83.